The molecule has 100 valence electrons. The summed E-state index contributed by atoms with van der Waals surface area (Å²) >= 11 is 2.26. The molecule has 0 aliphatic rings. The van der Waals surface area contributed by atoms with Gasteiger partial charge in [0.1, 0.15) is 5.82 Å². The standard InChI is InChI=1S/C15H12IN3O/c1-20-15-13(11(16)7-8-17-15)14-18-9-12(19-14)10-5-3-2-4-6-10/h2-9H,1H3,(H,18,19). The molecule has 0 spiro atoms. The highest BCUT2D eigenvalue weighted by atomic mass is 127. The number of hydrogen-bond donors (Lipinski definition) is 1. The van der Waals surface area contributed by atoms with Crippen LogP contribution in [0.4, 0.5) is 0 Å². The van der Waals surface area contributed by atoms with Crippen LogP contribution in [0.2, 0.25) is 0 Å². The number of hydrogen-bond acceptors (Lipinski definition) is 3. The average molecular weight is 377 g/mol. The molecule has 2 aromatic heterocycles. The number of H-pyrrole nitrogens is 1. The first-order valence-electron chi connectivity index (χ1n) is 6.09. The second-order valence-electron chi connectivity index (χ2n) is 4.19. The Kier molecular flexibility index (Phi) is 3.68. The number of nitrogens with one attached hydrogen (secondary N) is 1. The maximum absolute atomic E-state index is 5.32. The van der Waals surface area contributed by atoms with Crippen molar-refractivity contribution in [2.24, 2.45) is 0 Å². The Morgan fingerprint density at radius 1 is 1.10 bits per heavy atom. The number of rotatable bonds is 3. The molecule has 20 heavy (non-hydrogen) atoms. The van der Waals surface area contributed by atoms with Crippen LogP contribution in [0.5, 0.6) is 5.88 Å². The highest BCUT2D eigenvalue weighted by Gasteiger charge is 2.14. The van der Waals surface area contributed by atoms with Crippen molar-refractivity contribution in [2.45, 2.75) is 0 Å². The van der Waals surface area contributed by atoms with Crippen LogP contribution >= 0.6 is 22.6 Å². The number of imidazole rings is 1. The number of aromatic nitrogens is 3. The summed E-state index contributed by atoms with van der Waals surface area (Å²) in [5, 5.41) is 0. The van der Waals surface area contributed by atoms with Gasteiger partial charge in [0.05, 0.1) is 24.6 Å². The molecule has 1 aromatic carbocycles. The van der Waals surface area contributed by atoms with Crippen molar-refractivity contribution in [3.8, 4) is 28.5 Å². The first-order valence-corrected chi connectivity index (χ1v) is 7.17. The molecule has 0 unspecified atom stereocenters. The van der Waals surface area contributed by atoms with Crippen molar-refractivity contribution < 1.29 is 4.74 Å². The number of pyridine rings is 1. The summed E-state index contributed by atoms with van der Waals surface area (Å²) in [5.74, 6) is 1.34. The summed E-state index contributed by atoms with van der Waals surface area (Å²) in [6.45, 7) is 0. The lowest BCUT2D eigenvalue weighted by molar-refractivity contribution is 0.399. The van der Waals surface area contributed by atoms with Gasteiger partial charge < -0.3 is 9.72 Å². The maximum Gasteiger partial charge on any atom is 0.225 e. The van der Waals surface area contributed by atoms with Gasteiger partial charge in [-0.2, -0.15) is 0 Å². The molecule has 4 nitrogen and oxygen atoms in total. The number of benzene rings is 1. The van der Waals surface area contributed by atoms with Gasteiger partial charge in [-0.1, -0.05) is 30.3 Å². The lowest BCUT2D eigenvalue weighted by Crippen LogP contribution is -1.95. The minimum absolute atomic E-state index is 0.575. The molecule has 3 rings (SSSR count). The summed E-state index contributed by atoms with van der Waals surface area (Å²) in [6, 6.07) is 12.0. The molecule has 0 saturated carbocycles. The fourth-order valence-electron chi connectivity index (χ4n) is 2.00. The van der Waals surface area contributed by atoms with Gasteiger partial charge in [0.25, 0.3) is 0 Å². The molecule has 0 aliphatic heterocycles. The molecule has 0 aliphatic carbocycles. The smallest absolute Gasteiger partial charge is 0.225 e. The van der Waals surface area contributed by atoms with E-state index in [4.69, 9.17) is 4.74 Å². The van der Waals surface area contributed by atoms with Crippen molar-refractivity contribution >= 4 is 22.6 Å². The van der Waals surface area contributed by atoms with Gasteiger partial charge in [0.15, 0.2) is 0 Å². The molecule has 0 saturated heterocycles. The molecule has 0 atom stereocenters. The Morgan fingerprint density at radius 2 is 1.90 bits per heavy atom. The number of aromatic amines is 1. The quantitative estimate of drug-likeness (QED) is 0.708. The summed E-state index contributed by atoms with van der Waals surface area (Å²) in [4.78, 5) is 12.0. The minimum atomic E-state index is 0.575. The van der Waals surface area contributed by atoms with E-state index >= 15 is 0 Å². The number of ether oxygens (including phenoxy) is 1. The Balaban J connectivity index is 2.07. The third-order valence-corrected chi connectivity index (χ3v) is 3.86. The van der Waals surface area contributed by atoms with Crippen LogP contribution in [0.1, 0.15) is 0 Å². The Morgan fingerprint density at radius 3 is 2.65 bits per heavy atom. The van der Waals surface area contributed by atoms with E-state index in [1.54, 1.807) is 13.3 Å². The van der Waals surface area contributed by atoms with Gasteiger partial charge in [-0.3, -0.25) is 0 Å². The van der Waals surface area contributed by atoms with E-state index in [2.05, 4.69) is 37.5 Å². The van der Waals surface area contributed by atoms with Gasteiger partial charge in [-0.25, -0.2) is 9.97 Å². The van der Waals surface area contributed by atoms with Gasteiger partial charge in [0.2, 0.25) is 5.88 Å². The van der Waals surface area contributed by atoms with Crippen molar-refractivity contribution in [3.63, 3.8) is 0 Å². The number of methoxy groups -OCH3 is 1. The van der Waals surface area contributed by atoms with E-state index in [0.29, 0.717) is 5.88 Å². The molecular weight excluding hydrogens is 365 g/mol. The van der Waals surface area contributed by atoms with Gasteiger partial charge in [0, 0.05) is 9.77 Å². The fourth-order valence-corrected chi connectivity index (χ4v) is 2.65. The van der Waals surface area contributed by atoms with E-state index in [1.807, 2.05) is 42.6 Å². The molecule has 3 aromatic rings. The summed E-state index contributed by atoms with van der Waals surface area (Å²) < 4.78 is 6.36. The third kappa shape index (κ3) is 2.40. The summed E-state index contributed by atoms with van der Waals surface area (Å²) in [7, 11) is 1.61. The SMILES string of the molecule is COc1nccc(I)c1-c1ncc(-c2ccccc2)[nH]1. The van der Waals surface area contributed by atoms with Crippen LogP contribution in [0.3, 0.4) is 0 Å². The van der Waals surface area contributed by atoms with Gasteiger partial charge in [-0.15, -0.1) is 0 Å². The lowest BCUT2D eigenvalue weighted by Gasteiger charge is -2.06. The maximum atomic E-state index is 5.32. The van der Waals surface area contributed by atoms with Crippen molar-refractivity contribution in [1.29, 1.82) is 0 Å². The van der Waals surface area contributed by atoms with Crippen LogP contribution in [0.15, 0.2) is 48.8 Å². The van der Waals surface area contributed by atoms with Crippen LogP contribution in [-0.2, 0) is 0 Å². The monoisotopic (exact) mass is 377 g/mol. The molecule has 0 fully saturated rings. The fraction of sp³-hybridized carbons (Fsp3) is 0.0667. The Labute approximate surface area is 130 Å². The molecule has 1 N–H and O–H groups in total. The van der Waals surface area contributed by atoms with E-state index in [0.717, 1.165) is 26.2 Å². The zero-order chi connectivity index (χ0) is 13.9. The lowest BCUT2D eigenvalue weighted by atomic mass is 10.2. The summed E-state index contributed by atoms with van der Waals surface area (Å²) in [6.07, 6.45) is 3.55. The third-order valence-electron chi connectivity index (χ3n) is 2.96. The molecule has 5 heteroatoms. The van der Waals surface area contributed by atoms with E-state index in [-0.39, 0.29) is 0 Å². The highest BCUT2D eigenvalue weighted by Crippen LogP contribution is 2.31. The first-order chi connectivity index (χ1) is 9.79. The molecule has 0 amide bonds. The summed E-state index contributed by atoms with van der Waals surface area (Å²) in [5.41, 5.74) is 2.96. The van der Waals surface area contributed by atoms with E-state index in [9.17, 15) is 0 Å². The van der Waals surface area contributed by atoms with Crippen molar-refractivity contribution in [2.75, 3.05) is 7.11 Å². The minimum Gasteiger partial charge on any atom is -0.480 e. The number of halogens is 1. The predicted molar refractivity (Wildman–Crippen MR) is 86.5 cm³/mol. The van der Waals surface area contributed by atoms with Crippen LogP contribution < -0.4 is 4.74 Å². The van der Waals surface area contributed by atoms with Gasteiger partial charge >= 0.3 is 0 Å². The zero-order valence-corrected chi connectivity index (χ0v) is 13.0. The number of nitrogens with zero attached hydrogens (tertiary/aromatic N) is 2. The topological polar surface area (TPSA) is 50.8 Å². The largest absolute Gasteiger partial charge is 0.480 e. The van der Waals surface area contributed by atoms with Gasteiger partial charge in [-0.05, 0) is 34.2 Å². The first kappa shape index (κ1) is 13.1. The highest BCUT2D eigenvalue weighted by molar-refractivity contribution is 14.1. The van der Waals surface area contributed by atoms with E-state index < -0.39 is 0 Å². The average Bonchev–Trinajstić information content (AvgIpc) is 2.97. The Bertz CT molecular complexity index is 725. The van der Waals surface area contributed by atoms with Crippen LogP contribution in [0.25, 0.3) is 22.6 Å². The van der Waals surface area contributed by atoms with Crippen molar-refractivity contribution in [3.05, 3.63) is 52.4 Å². The predicted octanol–water partition coefficient (Wildman–Crippen LogP) is 3.75. The van der Waals surface area contributed by atoms with E-state index in [1.165, 1.54) is 0 Å². The molecule has 0 radical (unpaired) electrons. The van der Waals surface area contributed by atoms with Crippen molar-refractivity contribution in [1.82, 2.24) is 15.0 Å². The second kappa shape index (κ2) is 5.62. The zero-order valence-electron chi connectivity index (χ0n) is 10.8. The van der Waals surface area contributed by atoms with Crippen LogP contribution in [-0.4, -0.2) is 22.1 Å². The molecule has 0 bridgehead atoms. The normalized spacial score (nSPS) is 10.5. The van der Waals surface area contributed by atoms with Crippen LogP contribution in [0, 0.1) is 3.57 Å². The molecule has 2 heterocycles. The Hall–Kier alpha value is -1.89. The second-order valence-corrected chi connectivity index (χ2v) is 5.35. The molecular formula is C15H12IN3O.